The lowest BCUT2D eigenvalue weighted by atomic mass is 10.3. The highest BCUT2D eigenvalue weighted by atomic mass is 32.1. The minimum atomic E-state index is -0.417. The normalized spacial score (nSPS) is 10.8. The lowest BCUT2D eigenvalue weighted by Crippen LogP contribution is -2.24. The third kappa shape index (κ3) is 3.27. The van der Waals surface area contributed by atoms with Gasteiger partial charge in [0, 0.05) is 0 Å². The standard InChI is InChI=1S/C18H13FN4O2S/c19-12-5-7-13(8-6-12)23-17(15-4-2-10-26-15)21-16(22-23)18(24)20-11-14-3-1-9-25-14/h1-10H,11H2,(H,20,24). The molecule has 1 aromatic carbocycles. The Labute approximate surface area is 151 Å². The third-order valence-corrected chi connectivity index (χ3v) is 4.49. The molecule has 0 saturated carbocycles. The number of amides is 1. The highest BCUT2D eigenvalue weighted by Gasteiger charge is 2.19. The molecule has 1 amide bonds. The number of thiophene rings is 1. The van der Waals surface area contributed by atoms with E-state index in [1.807, 2.05) is 17.5 Å². The zero-order valence-electron chi connectivity index (χ0n) is 13.4. The van der Waals surface area contributed by atoms with Crippen LogP contribution in [-0.4, -0.2) is 20.7 Å². The number of hydrogen-bond acceptors (Lipinski definition) is 5. The zero-order chi connectivity index (χ0) is 17.9. The van der Waals surface area contributed by atoms with Crippen LogP contribution in [0.4, 0.5) is 4.39 Å². The van der Waals surface area contributed by atoms with E-state index in [1.54, 1.807) is 24.3 Å². The van der Waals surface area contributed by atoms with Crippen molar-refractivity contribution in [3.8, 4) is 16.4 Å². The van der Waals surface area contributed by atoms with E-state index >= 15 is 0 Å². The summed E-state index contributed by atoms with van der Waals surface area (Å²) in [7, 11) is 0. The van der Waals surface area contributed by atoms with E-state index in [1.165, 1.54) is 34.4 Å². The van der Waals surface area contributed by atoms with Crippen LogP contribution in [0, 0.1) is 5.82 Å². The summed E-state index contributed by atoms with van der Waals surface area (Å²) in [5, 5.41) is 8.95. The molecule has 4 aromatic rings. The second-order valence-corrected chi connectivity index (χ2v) is 6.33. The molecule has 3 aromatic heterocycles. The molecule has 6 nitrogen and oxygen atoms in total. The predicted octanol–water partition coefficient (Wildman–Crippen LogP) is 3.66. The van der Waals surface area contributed by atoms with Crippen LogP contribution >= 0.6 is 11.3 Å². The maximum absolute atomic E-state index is 13.2. The van der Waals surface area contributed by atoms with Crippen LogP contribution in [0.5, 0.6) is 0 Å². The Bertz CT molecular complexity index is 1010. The van der Waals surface area contributed by atoms with Crippen molar-refractivity contribution in [1.29, 1.82) is 0 Å². The van der Waals surface area contributed by atoms with Crippen molar-refractivity contribution in [2.45, 2.75) is 6.54 Å². The number of aromatic nitrogens is 3. The van der Waals surface area contributed by atoms with Gasteiger partial charge in [0.05, 0.1) is 23.4 Å². The van der Waals surface area contributed by atoms with Gasteiger partial charge < -0.3 is 9.73 Å². The molecule has 1 N–H and O–H groups in total. The van der Waals surface area contributed by atoms with Crippen molar-refractivity contribution in [2.75, 3.05) is 0 Å². The van der Waals surface area contributed by atoms with Crippen LogP contribution in [0.15, 0.2) is 64.6 Å². The summed E-state index contributed by atoms with van der Waals surface area (Å²) >= 11 is 1.48. The maximum Gasteiger partial charge on any atom is 0.291 e. The summed E-state index contributed by atoms with van der Waals surface area (Å²) in [5.74, 6) is 0.428. The van der Waals surface area contributed by atoms with Gasteiger partial charge in [0.15, 0.2) is 5.82 Å². The highest BCUT2D eigenvalue weighted by molar-refractivity contribution is 7.13. The predicted molar refractivity (Wildman–Crippen MR) is 94.5 cm³/mol. The topological polar surface area (TPSA) is 73.0 Å². The van der Waals surface area contributed by atoms with E-state index < -0.39 is 5.91 Å². The summed E-state index contributed by atoms with van der Waals surface area (Å²) < 4.78 is 20.0. The molecule has 0 aliphatic carbocycles. The quantitative estimate of drug-likeness (QED) is 0.583. The summed E-state index contributed by atoms with van der Waals surface area (Å²) in [6.07, 6.45) is 1.54. The fourth-order valence-corrected chi connectivity index (χ4v) is 3.09. The monoisotopic (exact) mass is 368 g/mol. The van der Waals surface area contributed by atoms with E-state index in [0.717, 1.165) is 4.88 Å². The van der Waals surface area contributed by atoms with Crippen LogP contribution in [0.25, 0.3) is 16.4 Å². The number of nitrogens with zero attached hydrogens (tertiary/aromatic N) is 3. The summed E-state index contributed by atoms with van der Waals surface area (Å²) in [5.41, 5.74) is 0.618. The Kier molecular flexibility index (Phi) is 4.32. The van der Waals surface area contributed by atoms with Crippen LogP contribution in [0.3, 0.4) is 0 Å². The molecular formula is C18H13FN4O2S. The second kappa shape index (κ2) is 6.93. The fourth-order valence-electron chi connectivity index (χ4n) is 2.40. The first-order valence-electron chi connectivity index (χ1n) is 7.78. The number of halogens is 1. The average molecular weight is 368 g/mol. The van der Waals surface area contributed by atoms with Gasteiger partial charge in [-0.05, 0) is 47.8 Å². The molecule has 0 aliphatic heterocycles. The molecule has 0 radical (unpaired) electrons. The Hall–Kier alpha value is -3.26. The smallest absolute Gasteiger partial charge is 0.291 e. The Balaban J connectivity index is 1.66. The van der Waals surface area contributed by atoms with Gasteiger partial charge in [-0.25, -0.2) is 14.1 Å². The molecule has 4 rings (SSSR count). The first-order valence-corrected chi connectivity index (χ1v) is 8.66. The second-order valence-electron chi connectivity index (χ2n) is 5.39. The number of benzene rings is 1. The first kappa shape index (κ1) is 16.2. The number of carbonyl (C=O) groups is 1. The Morgan fingerprint density at radius 3 is 2.73 bits per heavy atom. The third-order valence-electron chi connectivity index (χ3n) is 3.63. The van der Waals surface area contributed by atoms with Crippen molar-refractivity contribution < 1.29 is 13.6 Å². The fraction of sp³-hybridized carbons (Fsp3) is 0.0556. The number of nitrogens with one attached hydrogen (secondary N) is 1. The van der Waals surface area contributed by atoms with Crippen molar-refractivity contribution >= 4 is 17.2 Å². The van der Waals surface area contributed by atoms with E-state index in [-0.39, 0.29) is 18.2 Å². The average Bonchev–Trinajstić information content (AvgIpc) is 3.41. The van der Waals surface area contributed by atoms with Gasteiger partial charge in [-0.2, -0.15) is 0 Å². The van der Waals surface area contributed by atoms with Crippen molar-refractivity contribution in [1.82, 2.24) is 20.1 Å². The largest absolute Gasteiger partial charge is 0.467 e. The first-order chi connectivity index (χ1) is 12.7. The van der Waals surface area contributed by atoms with Gasteiger partial charge in [-0.1, -0.05) is 6.07 Å². The van der Waals surface area contributed by atoms with Crippen LogP contribution in [0.2, 0.25) is 0 Å². The molecule has 0 saturated heterocycles. The van der Waals surface area contributed by atoms with E-state index in [0.29, 0.717) is 17.3 Å². The zero-order valence-corrected chi connectivity index (χ0v) is 14.2. The van der Waals surface area contributed by atoms with Gasteiger partial charge in [0.1, 0.15) is 11.6 Å². The summed E-state index contributed by atoms with van der Waals surface area (Å²) in [6.45, 7) is 0.241. The SMILES string of the molecule is O=C(NCc1ccco1)c1nc(-c2cccs2)n(-c2ccc(F)cc2)n1. The number of hydrogen-bond donors (Lipinski definition) is 1. The molecule has 26 heavy (non-hydrogen) atoms. The van der Waals surface area contributed by atoms with Gasteiger partial charge in [-0.3, -0.25) is 4.79 Å². The molecule has 0 bridgehead atoms. The lowest BCUT2D eigenvalue weighted by molar-refractivity contribution is 0.0937. The Morgan fingerprint density at radius 1 is 1.19 bits per heavy atom. The number of furan rings is 1. The lowest BCUT2D eigenvalue weighted by Gasteiger charge is -2.04. The van der Waals surface area contributed by atoms with Crippen molar-refractivity contribution in [3.05, 3.63) is 77.6 Å². The Morgan fingerprint density at radius 2 is 2.04 bits per heavy atom. The molecule has 0 atom stereocenters. The maximum atomic E-state index is 13.2. The molecule has 8 heteroatoms. The van der Waals surface area contributed by atoms with Gasteiger partial charge >= 0.3 is 0 Å². The summed E-state index contributed by atoms with van der Waals surface area (Å²) in [6, 6.07) is 13.1. The minimum Gasteiger partial charge on any atom is -0.467 e. The van der Waals surface area contributed by atoms with Gasteiger partial charge in [0.25, 0.3) is 5.91 Å². The number of carbonyl (C=O) groups excluding carboxylic acids is 1. The molecule has 0 fully saturated rings. The molecular weight excluding hydrogens is 355 g/mol. The van der Waals surface area contributed by atoms with E-state index in [4.69, 9.17) is 4.42 Å². The van der Waals surface area contributed by atoms with Crippen LogP contribution < -0.4 is 5.32 Å². The van der Waals surface area contributed by atoms with Gasteiger partial charge in [0.2, 0.25) is 5.82 Å². The molecule has 130 valence electrons. The van der Waals surface area contributed by atoms with Crippen molar-refractivity contribution in [2.24, 2.45) is 0 Å². The molecule has 0 aliphatic rings. The molecule has 0 unspecified atom stereocenters. The van der Waals surface area contributed by atoms with Crippen molar-refractivity contribution in [3.63, 3.8) is 0 Å². The van der Waals surface area contributed by atoms with Crippen LogP contribution in [0.1, 0.15) is 16.4 Å². The minimum absolute atomic E-state index is 0.0317. The molecule has 3 heterocycles. The van der Waals surface area contributed by atoms with E-state index in [9.17, 15) is 9.18 Å². The highest BCUT2D eigenvalue weighted by Crippen LogP contribution is 2.25. The summed E-state index contributed by atoms with van der Waals surface area (Å²) in [4.78, 5) is 17.6. The van der Waals surface area contributed by atoms with Crippen LogP contribution in [-0.2, 0) is 6.54 Å². The molecule has 0 spiro atoms. The van der Waals surface area contributed by atoms with E-state index in [2.05, 4.69) is 15.4 Å². The number of rotatable bonds is 5. The van der Waals surface area contributed by atoms with Gasteiger partial charge in [-0.15, -0.1) is 16.4 Å².